The standard InChI is InChI=1S/C15H26N4O/c1-12(13(2)19-8-4-7-17-19)16-11-15-5-9-18(10-6-15)14(3)20/h4,7-8,12-13,15-16H,5-6,9-11H2,1-3H3/t12-,13+/m1/s1. The highest BCUT2D eigenvalue weighted by molar-refractivity contribution is 5.73. The molecule has 1 saturated heterocycles. The summed E-state index contributed by atoms with van der Waals surface area (Å²) in [5.41, 5.74) is 0. The Bertz CT molecular complexity index is 410. The summed E-state index contributed by atoms with van der Waals surface area (Å²) in [4.78, 5) is 13.2. The maximum Gasteiger partial charge on any atom is 0.219 e. The molecule has 0 aromatic carbocycles. The zero-order valence-electron chi connectivity index (χ0n) is 12.7. The van der Waals surface area contributed by atoms with Crippen LogP contribution in [0.1, 0.15) is 39.7 Å². The SMILES string of the molecule is CC(=O)N1CCC(CN[C@H](C)[C@H](C)n2cccn2)CC1. The molecule has 2 heterocycles. The Balaban J connectivity index is 1.72. The van der Waals surface area contributed by atoms with Crippen molar-refractivity contribution >= 4 is 5.91 Å². The molecule has 0 unspecified atom stereocenters. The second kappa shape index (κ2) is 6.88. The van der Waals surface area contributed by atoms with Crippen LogP contribution in [0.25, 0.3) is 0 Å². The van der Waals surface area contributed by atoms with Crippen LogP contribution in [0.3, 0.4) is 0 Å². The van der Waals surface area contributed by atoms with Crippen LogP contribution in [0.2, 0.25) is 0 Å². The van der Waals surface area contributed by atoms with Crippen molar-refractivity contribution in [1.29, 1.82) is 0 Å². The maximum atomic E-state index is 11.3. The quantitative estimate of drug-likeness (QED) is 0.891. The van der Waals surface area contributed by atoms with E-state index >= 15 is 0 Å². The summed E-state index contributed by atoms with van der Waals surface area (Å²) in [7, 11) is 0. The average molecular weight is 278 g/mol. The van der Waals surface area contributed by atoms with Crippen LogP contribution >= 0.6 is 0 Å². The molecule has 0 spiro atoms. The molecule has 112 valence electrons. The Kier molecular flexibility index (Phi) is 5.17. The molecule has 1 amide bonds. The van der Waals surface area contributed by atoms with Gasteiger partial charge in [0.25, 0.3) is 0 Å². The molecule has 1 fully saturated rings. The van der Waals surface area contributed by atoms with Crippen LogP contribution in [0.4, 0.5) is 0 Å². The number of carbonyl (C=O) groups is 1. The molecule has 0 radical (unpaired) electrons. The average Bonchev–Trinajstić information content (AvgIpc) is 2.98. The first-order chi connectivity index (χ1) is 9.58. The van der Waals surface area contributed by atoms with E-state index in [4.69, 9.17) is 0 Å². The van der Waals surface area contributed by atoms with Crippen molar-refractivity contribution in [2.24, 2.45) is 5.92 Å². The number of aromatic nitrogens is 2. The Morgan fingerprint density at radius 2 is 2.10 bits per heavy atom. The van der Waals surface area contributed by atoms with E-state index in [2.05, 4.69) is 24.3 Å². The van der Waals surface area contributed by atoms with Gasteiger partial charge in [-0.2, -0.15) is 5.10 Å². The molecule has 1 aliphatic rings. The first-order valence-corrected chi connectivity index (χ1v) is 7.56. The Morgan fingerprint density at radius 1 is 1.40 bits per heavy atom. The molecule has 0 aliphatic carbocycles. The Hall–Kier alpha value is -1.36. The topological polar surface area (TPSA) is 50.2 Å². The van der Waals surface area contributed by atoms with Crippen LogP contribution in [0, 0.1) is 5.92 Å². The zero-order chi connectivity index (χ0) is 14.5. The van der Waals surface area contributed by atoms with Crippen LogP contribution in [0.15, 0.2) is 18.5 Å². The molecule has 1 aromatic rings. The molecule has 20 heavy (non-hydrogen) atoms. The van der Waals surface area contributed by atoms with Crippen molar-refractivity contribution in [1.82, 2.24) is 20.0 Å². The number of likely N-dealkylation sites (tertiary alicyclic amines) is 1. The summed E-state index contributed by atoms with van der Waals surface area (Å²) in [6.45, 7) is 8.89. The number of nitrogens with one attached hydrogen (secondary N) is 1. The van der Waals surface area contributed by atoms with Gasteiger partial charge in [0.1, 0.15) is 0 Å². The molecule has 5 heteroatoms. The number of piperidine rings is 1. The molecule has 1 aliphatic heterocycles. The van der Waals surface area contributed by atoms with Crippen LogP contribution in [0.5, 0.6) is 0 Å². The van der Waals surface area contributed by atoms with Crippen molar-refractivity contribution < 1.29 is 4.79 Å². The molecule has 2 rings (SSSR count). The second-order valence-corrected chi connectivity index (χ2v) is 5.87. The van der Waals surface area contributed by atoms with E-state index in [0.29, 0.717) is 18.0 Å². The predicted octanol–water partition coefficient (Wildman–Crippen LogP) is 1.68. The van der Waals surface area contributed by atoms with Gasteiger partial charge in [0, 0.05) is 38.4 Å². The van der Waals surface area contributed by atoms with E-state index in [1.54, 1.807) is 6.92 Å². The summed E-state index contributed by atoms with van der Waals surface area (Å²) < 4.78 is 2.00. The normalized spacial score (nSPS) is 19.9. The van der Waals surface area contributed by atoms with Crippen molar-refractivity contribution in [3.05, 3.63) is 18.5 Å². The van der Waals surface area contributed by atoms with Gasteiger partial charge in [-0.3, -0.25) is 9.48 Å². The molecular weight excluding hydrogens is 252 g/mol. The summed E-state index contributed by atoms with van der Waals surface area (Å²) in [5, 5.41) is 7.91. The van der Waals surface area contributed by atoms with E-state index < -0.39 is 0 Å². The smallest absolute Gasteiger partial charge is 0.219 e. The Labute approximate surface area is 121 Å². The lowest BCUT2D eigenvalue weighted by molar-refractivity contribution is -0.130. The fraction of sp³-hybridized carbons (Fsp3) is 0.733. The number of rotatable bonds is 5. The summed E-state index contributed by atoms with van der Waals surface area (Å²) in [6, 6.07) is 2.70. The number of hydrogen-bond donors (Lipinski definition) is 1. The van der Waals surface area contributed by atoms with E-state index in [0.717, 1.165) is 32.5 Å². The van der Waals surface area contributed by atoms with E-state index in [1.807, 2.05) is 28.0 Å². The summed E-state index contributed by atoms with van der Waals surface area (Å²) in [6.07, 6.45) is 6.04. The Morgan fingerprint density at radius 3 is 2.65 bits per heavy atom. The van der Waals surface area contributed by atoms with Crippen molar-refractivity contribution in [2.45, 2.75) is 45.7 Å². The fourth-order valence-corrected chi connectivity index (χ4v) is 2.73. The van der Waals surface area contributed by atoms with E-state index in [9.17, 15) is 4.79 Å². The minimum atomic E-state index is 0.206. The zero-order valence-corrected chi connectivity index (χ0v) is 12.7. The number of hydrogen-bond acceptors (Lipinski definition) is 3. The lowest BCUT2D eigenvalue weighted by Gasteiger charge is -2.32. The molecule has 0 saturated carbocycles. The highest BCUT2D eigenvalue weighted by Gasteiger charge is 2.22. The summed E-state index contributed by atoms with van der Waals surface area (Å²) >= 11 is 0. The number of nitrogens with zero attached hydrogens (tertiary/aromatic N) is 3. The van der Waals surface area contributed by atoms with E-state index in [1.165, 1.54) is 0 Å². The third kappa shape index (κ3) is 3.82. The minimum Gasteiger partial charge on any atom is -0.343 e. The van der Waals surface area contributed by atoms with Gasteiger partial charge < -0.3 is 10.2 Å². The lowest BCUT2D eigenvalue weighted by Crippen LogP contribution is -2.42. The summed E-state index contributed by atoms with van der Waals surface area (Å²) in [5.74, 6) is 0.884. The van der Waals surface area contributed by atoms with Crippen LogP contribution in [-0.2, 0) is 4.79 Å². The van der Waals surface area contributed by atoms with Crippen LogP contribution < -0.4 is 5.32 Å². The minimum absolute atomic E-state index is 0.206. The molecule has 1 aromatic heterocycles. The first kappa shape index (κ1) is 15.0. The maximum absolute atomic E-state index is 11.3. The largest absolute Gasteiger partial charge is 0.343 e. The van der Waals surface area contributed by atoms with Gasteiger partial charge in [-0.1, -0.05) is 0 Å². The second-order valence-electron chi connectivity index (χ2n) is 5.87. The lowest BCUT2D eigenvalue weighted by atomic mass is 9.96. The molecule has 0 bridgehead atoms. The van der Waals surface area contributed by atoms with E-state index in [-0.39, 0.29) is 5.91 Å². The number of amides is 1. The highest BCUT2D eigenvalue weighted by atomic mass is 16.2. The number of carbonyl (C=O) groups excluding carboxylic acids is 1. The van der Waals surface area contributed by atoms with Crippen molar-refractivity contribution in [2.75, 3.05) is 19.6 Å². The third-order valence-electron chi connectivity index (χ3n) is 4.45. The third-order valence-corrected chi connectivity index (χ3v) is 4.45. The van der Waals surface area contributed by atoms with Crippen molar-refractivity contribution in [3.8, 4) is 0 Å². The van der Waals surface area contributed by atoms with Crippen molar-refractivity contribution in [3.63, 3.8) is 0 Å². The van der Waals surface area contributed by atoms with Gasteiger partial charge in [0.15, 0.2) is 0 Å². The van der Waals surface area contributed by atoms with Gasteiger partial charge >= 0.3 is 0 Å². The van der Waals surface area contributed by atoms with Gasteiger partial charge in [0.05, 0.1) is 6.04 Å². The highest BCUT2D eigenvalue weighted by Crippen LogP contribution is 2.17. The molecular formula is C15H26N4O. The van der Waals surface area contributed by atoms with Crippen LogP contribution in [-0.4, -0.2) is 46.3 Å². The van der Waals surface area contributed by atoms with Gasteiger partial charge in [0.2, 0.25) is 5.91 Å². The van der Waals surface area contributed by atoms with Gasteiger partial charge in [-0.05, 0) is 45.2 Å². The first-order valence-electron chi connectivity index (χ1n) is 7.56. The fourth-order valence-electron chi connectivity index (χ4n) is 2.73. The van der Waals surface area contributed by atoms with Gasteiger partial charge in [-0.25, -0.2) is 0 Å². The molecule has 1 N–H and O–H groups in total. The molecule has 2 atom stereocenters. The predicted molar refractivity (Wildman–Crippen MR) is 79.4 cm³/mol. The molecule has 5 nitrogen and oxygen atoms in total. The van der Waals surface area contributed by atoms with Gasteiger partial charge in [-0.15, -0.1) is 0 Å². The monoisotopic (exact) mass is 278 g/mol.